The Morgan fingerprint density at radius 2 is 1.95 bits per heavy atom. The lowest BCUT2D eigenvalue weighted by Gasteiger charge is -2.28. The van der Waals surface area contributed by atoms with Crippen molar-refractivity contribution in [2.45, 2.75) is 87.5 Å². The molecule has 204 valence electrons. The number of aromatic amines is 1. The van der Waals surface area contributed by atoms with Gasteiger partial charge in [0.05, 0.1) is 30.6 Å². The number of anilines is 2. The second-order valence-electron chi connectivity index (χ2n) is 10.4. The highest BCUT2D eigenvalue weighted by Gasteiger charge is 2.37. The van der Waals surface area contributed by atoms with E-state index in [9.17, 15) is 9.00 Å². The largest absolute Gasteiger partial charge is 0.447 e. The minimum absolute atomic E-state index is 0.0895. The van der Waals surface area contributed by atoms with Crippen LogP contribution in [0.1, 0.15) is 69.0 Å². The Labute approximate surface area is 228 Å². The lowest BCUT2D eigenvalue weighted by atomic mass is 9.86. The van der Waals surface area contributed by atoms with Gasteiger partial charge in [0.1, 0.15) is 0 Å². The second-order valence-corrected chi connectivity index (χ2v) is 14.1. The molecule has 9 nitrogen and oxygen atoms in total. The van der Waals surface area contributed by atoms with Gasteiger partial charge in [-0.05, 0) is 71.4 Å². The summed E-state index contributed by atoms with van der Waals surface area (Å²) in [4.78, 5) is 18.5. The number of thiazole rings is 1. The van der Waals surface area contributed by atoms with Crippen LogP contribution in [0.2, 0.25) is 0 Å². The van der Waals surface area contributed by atoms with Crippen molar-refractivity contribution in [3.05, 3.63) is 41.2 Å². The van der Waals surface area contributed by atoms with Crippen molar-refractivity contribution < 1.29 is 13.7 Å². The first-order chi connectivity index (χ1) is 18.2. The average molecular weight is 557 g/mol. The smallest absolute Gasteiger partial charge is 0.407 e. The molecule has 1 aromatic carbocycles. The zero-order chi connectivity index (χ0) is 26.9. The molecular weight excluding hydrogens is 520 g/mol. The number of hydrogen-bond donors (Lipinski definition) is 3. The number of benzene rings is 1. The van der Waals surface area contributed by atoms with Gasteiger partial charge in [0.25, 0.3) is 0 Å². The van der Waals surface area contributed by atoms with E-state index < -0.39 is 9.73 Å². The van der Waals surface area contributed by atoms with Crippen LogP contribution in [0.3, 0.4) is 0 Å². The quantitative estimate of drug-likeness (QED) is 0.297. The van der Waals surface area contributed by atoms with Gasteiger partial charge >= 0.3 is 6.09 Å². The summed E-state index contributed by atoms with van der Waals surface area (Å²) < 4.78 is 23.8. The number of ether oxygens (including phenoxy) is 1. The molecule has 0 aliphatic heterocycles. The maximum atomic E-state index is 14.1. The molecular formula is C27H36N6O3S2. The number of amides is 1. The second kappa shape index (κ2) is 11.1. The molecule has 2 heterocycles. The minimum Gasteiger partial charge on any atom is -0.447 e. The molecule has 2 saturated carbocycles. The van der Waals surface area contributed by atoms with Crippen LogP contribution in [0.4, 0.5) is 16.3 Å². The number of nitrogens with one attached hydrogen (secondary N) is 3. The van der Waals surface area contributed by atoms with E-state index in [4.69, 9.17) is 9.72 Å². The van der Waals surface area contributed by atoms with Crippen LogP contribution in [0.15, 0.2) is 39.7 Å². The Morgan fingerprint density at radius 1 is 1.18 bits per heavy atom. The Kier molecular flexibility index (Phi) is 7.76. The molecule has 0 spiro atoms. The van der Waals surface area contributed by atoms with Crippen molar-refractivity contribution in [2.24, 2.45) is 4.36 Å². The SMILES string of the molecule is CN=S(=O)(c1cc(Nc2cc(C)[nH]n2)ccc1-c1cnc(C2CCC(NC(=O)OC(C)C)CC2)s1)C1CC1. The van der Waals surface area contributed by atoms with Crippen molar-refractivity contribution in [2.75, 3.05) is 12.4 Å². The molecule has 0 bridgehead atoms. The standard InChI is InChI=1S/C27H36N6O3S2/c1-16(2)36-27(34)31-19-7-5-18(6-8-19)26-29-15-23(37-26)22-12-9-20(30-25-13-17(3)32-33-25)14-24(22)38(35,28-4)21-10-11-21/h9,12-16,18-19,21H,5-8,10-11H2,1-4H3,(H,31,34)(H2,30,32,33). The molecule has 2 fully saturated rings. The predicted molar refractivity (Wildman–Crippen MR) is 152 cm³/mol. The van der Waals surface area contributed by atoms with E-state index in [0.29, 0.717) is 5.92 Å². The predicted octanol–water partition coefficient (Wildman–Crippen LogP) is 6.37. The number of hydrogen-bond acceptors (Lipinski definition) is 8. The molecule has 0 radical (unpaired) electrons. The average Bonchev–Trinajstić information content (AvgIpc) is 3.51. The molecule has 11 heteroatoms. The van der Waals surface area contributed by atoms with Crippen LogP contribution >= 0.6 is 11.3 Å². The Balaban J connectivity index is 1.36. The molecule has 3 N–H and O–H groups in total. The molecule has 2 aliphatic carbocycles. The summed E-state index contributed by atoms with van der Waals surface area (Å²) in [5.74, 6) is 1.07. The molecule has 2 aliphatic rings. The molecule has 2 aromatic heterocycles. The normalized spacial score (nSPS) is 21.1. The number of H-pyrrole nitrogens is 1. The monoisotopic (exact) mass is 556 g/mol. The van der Waals surface area contributed by atoms with Crippen molar-refractivity contribution >= 4 is 38.7 Å². The minimum atomic E-state index is -2.56. The lowest BCUT2D eigenvalue weighted by Crippen LogP contribution is -2.38. The molecule has 1 atom stereocenters. The van der Waals surface area contributed by atoms with Gasteiger partial charge in [0, 0.05) is 53.5 Å². The molecule has 1 unspecified atom stereocenters. The van der Waals surface area contributed by atoms with E-state index in [0.717, 1.165) is 76.1 Å². The Hall–Kier alpha value is -2.92. The summed E-state index contributed by atoms with van der Waals surface area (Å²) in [5.41, 5.74) is 2.73. The van der Waals surface area contributed by atoms with Crippen LogP contribution in [0.5, 0.6) is 0 Å². The van der Waals surface area contributed by atoms with Gasteiger partial charge in [-0.3, -0.25) is 5.10 Å². The third-order valence-corrected chi connectivity index (χ3v) is 11.1. The summed E-state index contributed by atoms with van der Waals surface area (Å²) in [6, 6.07) is 8.07. The summed E-state index contributed by atoms with van der Waals surface area (Å²) in [7, 11) is -0.889. The molecule has 38 heavy (non-hydrogen) atoms. The van der Waals surface area contributed by atoms with Gasteiger partial charge in [-0.15, -0.1) is 11.3 Å². The van der Waals surface area contributed by atoms with E-state index in [2.05, 4.69) is 25.2 Å². The van der Waals surface area contributed by atoms with Crippen molar-refractivity contribution in [1.82, 2.24) is 20.5 Å². The van der Waals surface area contributed by atoms with Crippen LogP contribution in [-0.2, 0) is 14.5 Å². The highest BCUT2D eigenvalue weighted by atomic mass is 32.2. The van der Waals surface area contributed by atoms with Gasteiger partial charge in [-0.1, -0.05) is 6.07 Å². The zero-order valence-electron chi connectivity index (χ0n) is 22.3. The Bertz CT molecular complexity index is 1410. The number of aromatic nitrogens is 3. The summed E-state index contributed by atoms with van der Waals surface area (Å²) in [5, 5.41) is 14.7. The topological polar surface area (TPSA) is 121 Å². The summed E-state index contributed by atoms with van der Waals surface area (Å²) in [6.07, 6.45) is 7.03. The molecule has 3 aromatic rings. The highest BCUT2D eigenvalue weighted by Crippen LogP contribution is 2.44. The first-order valence-corrected chi connectivity index (χ1v) is 15.6. The zero-order valence-corrected chi connectivity index (χ0v) is 24.0. The number of rotatable bonds is 8. The fourth-order valence-electron chi connectivity index (χ4n) is 4.99. The van der Waals surface area contributed by atoms with Crippen LogP contribution in [0.25, 0.3) is 10.4 Å². The van der Waals surface area contributed by atoms with Crippen molar-refractivity contribution in [3.8, 4) is 10.4 Å². The molecule has 5 rings (SSSR count). The van der Waals surface area contributed by atoms with E-state index in [1.807, 2.05) is 51.2 Å². The fraction of sp³-hybridized carbons (Fsp3) is 0.519. The molecule has 0 saturated heterocycles. The summed E-state index contributed by atoms with van der Waals surface area (Å²) >= 11 is 1.67. The fourth-order valence-corrected chi connectivity index (χ4v) is 8.60. The van der Waals surface area contributed by atoms with Crippen LogP contribution in [-0.4, -0.2) is 49.9 Å². The first-order valence-electron chi connectivity index (χ1n) is 13.3. The number of aryl methyl sites for hydroxylation is 1. The summed E-state index contributed by atoms with van der Waals surface area (Å²) in [6.45, 7) is 5.65. The molecule has 1 amide bonds. The van der Waals surface area contributed by atoms with Gasteiger partial charge < -0.3 is 15.4 Å². The van der Waals surface area contributed by atoms with E-state index in [1.54, 1.807) is 18.4 Å². The van der Waals surface area contributed by atoms with Crippen molar-refractivity contribution in [1.29, 1.82) is 0 Å². The number of alkyl carbamates (subject to hydrolysis) is 1. The third-order valence-electron chi connectivity index (χ3n) is 7.05. The number of nitrogens with zero attached hydrogens (tertiary/aromatic N) is 3. The maximum absolute atomic E-state index is 14.1. The Morgan fingerprint density at radius 3 is 2.58 bits per heavy atom. The lowest BCUT2D eigenvalue weighted by molar-refractivity contribution is 0.109. The van der Waals surface area contributed by atoms with Gasteiger partial charge in [-0.2, -0.15) is 5.10 Å². The van der Waals surface area contributed by atoms with Gasteiger partial charge in [0.15, 0.2) is 5.82 Å². The van der Waals surface area contributed by atoms with E-state index in [1.165, 1.54) is 0 Å². The van der Waals surface area contributed by atoms with Crippen LogP contribution in [0, 0.1) is 6.92 Å². The maximum Gasteiger partial charge on any atom is 0.407 e. The number of carbonyl (C=O) groups is 1. The van der Waals surface area contributed by atoms with Crippen molar-refractivity contribution in [3.63, 3.8) is 0 Å². The highest BCUT2D eigenvalue weighted by molar-refractivity contribution is 7.94. The van der Waals surface area contributed by atoms with Crippen LogP contribution < -0.4 is 10.6 Å². The van der Waals surface area contributed by atoms with E-state index in [-0.39, 0.29) is 23.5 Å². The van der Waals surface area contributed by atoms with Gasteiger partial charge in [-0.25, -0.2) is 18.4 Å². The third kappa shape index (κ3) is 5.88. The number of carbonyl (C=O) groups excluding carboxylic acids is 1. The van der Waals surface area contributed by atoms with Gasteiger partial charge in [0.2, 0.25) is 0 Å². The van der Waals surface area contributed by atoms with E-state index >= 15 is 0 Å². The first kappa shape index (κ1) is 26.7.